The van der Waals surface area contributed by atoms with Gasteiger partial charge in [0.2, 0.25) is 21.8 Å². The number of rotatable bonds is 5. The molecule has 2 amide bonds. The molecule has 1 aromatic carbocycles. The second kappa shape index (κ2) is 7.98. The van der Waals surface area contributed by atoms with Gasteiger partial charge in [0, 0.05) is 45.7 Å². The molecule has 2 aliphatic heterocycles. The highest BCUT2D eigenvalue weighted by molar-refractivity contribution is 7.89. The van der Waals surface area contributed by atoms with Crippen LogP contribution < -0.4 is 0 Å². The van der Waals surface area contributed by atoms with Crippen molar-refractivity contribution in [1.82, 2.24) is 14.1 Å². The lowest BCUT2D eigenvalue weighted by Crippen LogP contribution is -2.52. The third-order valence-corrected chi connectivity index (χ3v) is 7.18. The van der Waals surface area contributed by atoms with E-state index in [0.717, 1.165) is 12.0 Å². The third kappa shape index (κ3) is 4.16. The molecule has 0 aliphatic carbocycles. The number of piperazine rings is 1. The Bertz CT molecular complexity index is 799. The van der Waals surface area contributed by atoms with E-state index >= 15 is 0 Å². The Kier molecular flexibility index (Phi) is 5.86. The smallest absolute Gasteiger partial charge is 0.243 e. The van der Waals surface area contributed by atoms with Gasteiger partial charge >= 0.3 is 0 Å². The number of likely N-dealkylation sites (tertiary alicyclic amines) is 1. The average Bonchev–Trinajstić information content (AvgIpc) is 3.02. The van der Waals surface area contributed by atoms with Crippen LogP contribution in [0.25, 0.3) is 0 Å². The topological polar surface area (TPSA) is 78.0 Å². The molecule has 1 atom stereocenters. The molecule has 0 radical (unpaired) electrons. The fourth-order valence-electron chi connectivity index (χ4n) is 3.69. The fourth-order valence-corrected chi connectivity index (χ4v) is 5.11. The molecule has 0 aromatic heterocycles. The molecule has 0 N–H and O–H groups in total. The summed E-state index contributed by atoms with van der Waals surface area (Å²) in [6.45, 7) is 6.37. The molecule has 148 valence electrons. The highest BCUT2D eigenvalue weighted by atomic mass is 32.2. The molecule has 2 aliphatic rings. The van der Waals surface area contributed by atoms with Gasteiger partial charge in [0.05, 0.1) is 10.8 Å². The van der Waals surface area contributed by atoms with Gasteiger partial charge in [-0.1, -0.05) is 24.6 Å². The van der Waals surface area contributed by atoms with Crippen LogP contribution in [0.2, 0.25) is 0 Å². The largest absolute Gasteiger partial charge is 0.342 e. The number of benzene rings is 1. The minimum Gasteiger partial charge on any atom is -0.342 e. The number of aryl methyl sites for hydroxylation is 1. The van der Waals surface area contributed by atoms with Crippen molar-refractivity contribution in [3.63, 3.8) is 0 Å². The Balaban J connectivity index is 1.59. The van der Waals surface area contributed by atoms with Gasteiger partial charge in [-0.15, -0.1) is 0 Å². The molecule has 2 heterocycles. The molecule has 2 fully saturated rings. The number of hydrogen-bond donors (Lipinski definition) is 0. The van der Waals surface area contributed by atoms with Gasteiger partial charge in [0.15, 0.2) is 0 Å². The van der Waals surface area contributed by atoms with Crippen molar-refractivity contribution in [3.05, 3.63) is 29.8 Å². The van der Waals surface area contributed by atoms with Crippen LogP contribution in [0.4, 0.5) is 0 Å². The summed E-state index contributed by atoms with van der Waals surface area (Å²) in [6.07, 6.45) is 1.14. The number of carbonyl (C=O) groups is 2. The van der Waals surface area contributed by atoms with Gasteiger partial charge in [0.25, 0.3) is 0 Å². The van der Waals surface area contributed by atoms with E-state index in [2.05, 4.69) is 0 Å². The minimum atomic E-state index is -3.54. The lowest BCUT2D eigenvalue weighted by molar-refractivity contribution is -0.137. The zero-order chi connectivity index (χ0) is 19.6. The predicted octanol–water partition coefficient (Wildman–Crippen LogP) is 1.09. The quantitative estimate of drug-likeness (QED) is 0.750. The number of nitrogens with zero attached hydrogens (tertiary/aromatic N) is 3. The number of carbonyl (C=O) groups excluding carboxylic acids is 2. The average molecular weight is 394 g/mol. The number of amides is 2. The molecule has 7 nitrogen and oxygen atoms in total. The summed E-state index contributed by atoms with van der Waals surface area (Å²) in [4.78, 5) is 28.5. The molecular formula is C19H27N3O4S. The first-order valence-corrected chi connectivity index (χ1v) is 10.9. The Morgan fingerprint density at radius 3 is 2.33 bits per heavy atom. The van der Waals surface area contributed by atoms with Crippen LogP contribution in [0.1, 0.15) is 25.3 Å². The monoisotopic (exact) mass is 393 g/mol. The van der Waals surface area contributed by atoms with Crippen molar-refractivity contribution in [2.24, 2.45) is 5.92 Å². The molecule has 0 saturated carbocycles. The van der Waals surface area contributed by atoms with Gasteiger partial charge < -0.3 is 9.80 Å². The highest BCUT2D eigenvalue weighted by Crippen LogP contribution is 2.23. The zero-order valence-electron chi connectivity index (χ0n) is 15.9. The Hall–Kier alpha value is -1.93. The molecule has 1 aromatic rings. The van der Waals surface area contributed by atoms with Crippen molar-refractivity contribution in [2.45, 2.75) is 31.6 Å². The first kappa shape index (κ1) is 19.8. The number of hydrogen-bond acceptors (Lipinski definition) is 4. The van der Waals surface area contributed by atoms with E-state index in [0.29, 0.717) is 26.2 Å². The maximum atomic E-state index is 12.8. The van der Waals surface area contributed by atoms with Crippen molar-refractivity contribution >= 4 is 21.8 Å². The molecule has 27 heavy (non-hydrogen) atoms. The van der Waals surface area contributed by atoms with Crippen molar-refractivity contribution in [2.75, 3.05) is 39.3 Å². The molecule has 8 heteroatoms. The zero-order valence-corrected chi connectivity index (χ0v) is 16.7. The molecule has 0 bridgehead atoms. The summed E-state index contributed by atoms with van der Waals surface area (Å²) < 4.78 is 27.0. The van der Waals surface area contributed by atoms with Gasteiger partial charge in [-0.2, -0.15) is 4.31 Å². The van der Waals surface area contributed by atoms with Crippen molar-refractivity contribution in [1.29, 1.82) is 0 Å². The lowest BCUT2D eigenvalue weighted by atomic mass is 10.1. The summed E-state index contributed by atoms with van der Waals surface area (Å²) >= 11 is 0. The third-order valence-electron chi connectivity index (χ3n) is 5.27. The van der Waals surface area contributed by atoms with Crippen molar-refractivity contribution in [3.8, 4) is 0 Å². The molecule has 2 saturated heterocycles. The summed E-state index contributed by atoms with van der Waals surface area (Å²) in [5, 5.41) is 0. The summed E-state index contributed by atoms with van der Waals surface area (Å²) in [5.74, 6) is -0.297. The first-order chi connectivity index (χ1) is 12.8. The molecule has 1 unspecified atom stereocenters. The second-order valence-electron chi connectivity index (χ2n) is 7.28. The van der Waals surface area contributed by atoms with E-state index in [1.807, 2.05) is 13.8 Å². The highest BCUT2D eigenvalue weighted by Gasteiger charge is 2.38. The van der Waals surface area contributed by atoms with Crippen molar-refractivity contribution < 1.29 is 18.0 Å². The summed E-state index contributed by atoms with van der Waals surface area (Å²) in [6, 6.07) is 6.81. The van der Waals surface area contributed by atoms with Crippen LogP contribution in [0.3, 0.4) is 0 Å². The van der Waals surface area contributed by atoms with E-state index in [-0.39, 0.29) is 42.1 Å². The van der Waals surface area contributed by atoms with Crippen LogP contribution in [-0.4, -0.2) is 73.6 Å². The van der Waals surface area contributed by atoms with Gasteiger partial charge in [0.1, 0.15) is 0 Å². The van der Waals surface area contributed by atoms with Crippen LogP contribution in [0.15, 0.2) is 29.2 Å². The Morgan fingerprint density at radius 1 is 1.11 bits per heavy atom. The summed E-state index contributed by atoms with van der Waals surface area (Å²) in [5.41, 5.74) is 1.01. The van der Waals surface area contributed by atoms with Gasteiger partial charge in [-0.05, 0) is 25.5 Å². The fraction of sp³-hybridized carbons (Fsp3) is 0.579. The van der Waals surface area contributed by atoms with Gasteiger partial charge in [-0.3, -0.25) is 9.59 Å². The molecule has 3 rings (SSSR count). The lowest BCUT2D eigenvalue weighted by Gasteiger charge is -2.35. The standard InChI is InChI=1S/C19H27N3O4S/c1-3-8-21-14-16(13-18(21)23)19(24)20-9-11-22(12-10-20)27(25,26)17-6-4-15(2)5-7-17/h4-7,16H,3,8-14H2,1-2H3. The normalized spacial score (nSPS) is 21.7. The SMILES string of the molecule is CCCN1CC(C(=O)N2CCN(S(=O)(=O)c3ccc(C)cc3)CC2)CC1=O. The van der Waals surface area contributed by atoms with Crippen LogP contribution in [0, 0.1) is 12.8 Å². The predicted molar refractivity (Wildman–Crippen MR) is 101 cm³/mol. The van der Waals surface area contributed by atoms with E-state index in [1.165, 1.54) is 4.31 Å². The minimum absolute atomic E-state index is 0.0330. The van der Waals surface area contributed by atoms with Crippen LogP contribution in [0.5, 0.6) is 0 Å². The van der Waals surface area contributed by atoms with E-state index < -0.39 is 10.0 Å². The van der Waals surface area contributed by atoms with Crippen LogP contribution >= 0.6 is 0 Å². The molecule has 0 spiro atoms. The van der Waals surface area contributed by atoms with E-state index in [4.69, 9.17) is 0 Å². The van der Waals surface area contributed by atoms with E-state index in [1.54, 1.807) is 34.1 Å². The van der Waals surface area contributed by atoms with Crippen LogP contribution in [-0.2, 0) is 19.6 Å². The first-order valence-electron chi connectivity index (χ1n) is 9.46. The van der Waals surface area contributed by atoms with E-state index in [9.17, 15) is 18.0 Å². The maximum Gasteiger partial charge on any atom is 0.243 e. The Labute approximate surface area is 161 Å². The number of sulfonamides is 1. The Morgan fingerprint density at radius 2 is 1.74 bits per heavy atom. The summed E-state index contributed by atoms with van der Waals surface area (Å²) in [7, 11) is -3.54. The van der Waals surface area contributed by atoms with Gasteiger partial charge in [-0.25, -0.2) is 8.42 Å². The molecular weight excluding hydrogens is 366 g/mol. The second-order valence-corrected chi connectivity index (χ2v) is 9.22. The maximum absolute atomic E-state index is 12.8.